The highest BCUT2D eigenvalue weighted by molar-refractivity contribution is 7.09. The summed E-state index contributed by atoms with van der Waals surface area (Å²) in [6.45, 7) is 0.636. The SMILES string of the molecule is O=C(O)C1NCc2scnc21. The van der Waals surface area contributed by atoms with Crippen molar-refractivity contribution in [2.75, 3.05) is 0 Å². The van der Waals surface area contributed by atoms with Crippen molar-refractivity contribution in [3.8, 4) is 0 Å². The minimum Gasteiger partial charge on any atom is -0.480 e. The van der Waals surface area contributed by atoms with Crippen LogP contribution in [0.1, 0.15) is 16.6 Å². The Hall–Kier alpha value is -0.940. The van der Waals surface area contributed by atoms with Gasteiger partial charge in [0.1, 0.15) is 6.04 Å². The second-order valence-corrected chi connectivity index (χ2v) is 3.25. The van der Waals surface area contributed by atoms with Crippen LogP contribution in [0.25, 0.3) is 0 Å². The van der Waals surface area contributed by atoms with E-state index in [1.807, 2.05) is 0 Å². The number of carboxylic acids is 1. The molecule has 4 nitrogen and oxygen atoms in total. The molecule has 0 bridgehead atoms. The Morgan fingerprint density at radius 1 is 1.91 bits per heavy atom. The fourth-order valence-electron chi connectivity index (χ4n) is 1.14. The van der Waals surface area contributed by atoms with Gasteiger partial charge in [-0.2, -0.15) is 0 Å². The fraction of sp³-hybridized carbons (Fsp3) is 0.333. The lowest BCUT2D eigenvalue weighted by atomic mass is 10.2. The van der Waals surface area contributed by atoms with Gasteiger partial charge in [-0.1, -0.05) is 0 Å². The van der Waals surface area contributed by atoms with Crippen molar-refractivity contribution in [2.45, 2.75) is 12.6 Å². The third-order valence-electron chi connectivity index (χ3n) is 1.66. The van der Waals surface area contributed by atoms with Crippen molar-refractivity contribution in [1.29, 1.82) is 0 Å². The first-order chi connectivity index (χ1) is 5.29. The number of nitrogens with zero attached hydrogens (tertiary/aromatic N) is 1. The highest BCUT2D eigenvalue weighted by Gasteiger charge is 2.29. The Bertz CT molecular complexity index is 297. The van der Waals surface area contributed by atoms with Crippen molar-refractivity contribution in [3.05, 3.63) is 16.1 Å². The first-order valence-electron chi connectivity index (χ1n) is 3.17. The third kappa shape index (κ3) is 0.928. The molecule has 1 aromatic heterocycles. The minimum atomic E-state index is -0.852. The number of fused-ring (bicyclic) bond motifs is 1. The van der Waals surface area contributed by atoms with Gasteiger partial charge in [0, 0.05) is 11.4 Å². The summed E-state index contributed by atoms with van der Waals surface area (Å²) in [7, 11) is 0. The Balaban J connectivity index is 2.38. The Morgan fingerprint density at radius 3 is 3.45 bits per heavy atom. The van der Waals surface area contributed by atoms with E-state index < -0.39 is 12.0 Å². The molecular weight excluding hydrogens is 164 g/mol. The van der Waals surface area contributed by atoms with Gasteiger partial charge in [-0.15, -0.1) is 11.3 Å². The lowest BCUT2D eigenvalue weighted by molar-refractivity contribution is -0.139. The maximum Gasteiger partial charge on any atom is 0.327 e. The van der Waals surface area contributed by atoms with Crippen molar-refractivity contribution in [1.82, 2.24) is 10.3 Å². The van der Waals surface area contributed by atoms with E-state index in [9.17, 15) is 4.79 Å². The third-order valence-corrected chi connectivity index (χ3v) is 2.51. The summed E-state index contributed by atoms with van der Waals surface area (Å²) < 4.78 is 0. The Labute approximate surface area is 66.9 Å². The van der Waals surface area contributed by atoms with Crippen LogP contribution in [0.2, 0.25) is 0 Å². The molecule has 5 heteroatoms. The predicted molar refractivity (Wildman–Crippen MR) is 39.3 cm³/mol. The number of aromatic nitrogens is 1. The van der Waals surface area contributed by atoms with Crippen LogP contribution in [0.4, 0.5) is 0 Å². The number of carbonyl (C=O) groups is 1. The molecule has 0 radical (unpaired) electrons. The molecule has 2 rings (SSSR count). The molecule has 1 aliphatic rings. The Kier molecular flexibility index (Phi) is 1.40. The summed E-state index contributed by atoms with van der Waals surface area (Å²) in [6.07, 6.45) is 0. The standard InChI is InChI=1S/C6H6N2O2S/c9-6(10)5-4-3(1-7-5)11-2-8-4/h2,5,7H,1H2,(H,9,10). The van der Waals surface area contributed by atoms with Gasteiger partial charge in [-0.3, -0.25) is 10.1 Å². The molecule has 0 amide bonds. The molecule has 0 spiro atoms. The first-order valence-corrected chi connectivity index (χ1v) is 4.05. The van der Waals surface area contributed by atoms with Crippen molar-refractivity contribution in [3.63, 3.8) is 0 Å². The molecule has 0 aromatic carbocycles. The van der Waals surface area contributed by atoms with Gasteiger partial charge in [0.2, 0.25) is 0 Å². The topological polar surface area (TPSA) is 62.2 Å². The predicted octanol–water partition coefficient (Wildman–Crippen LogP) is 0.372. The van der Waals surface area contributed by atoms with Crippen LogP contribution in [0, 0.1) is 0 Å². The van der Waals surface area contributed by atoms with Crippen LogP contribution >= 0.6 is 11.3 Å². The zero-order valence-corrected chi connectivity index (χ0v) is 6.39. The van der Waals surface area contributed by atoms with E-state index in [-0.39, 0.29) is 0 Å². The highest BCUT2D eigenvalue weighted by Crippen LogP contribution is 2.26. The van der Waals surface area contributed by atoms with Crippen LogP contribution in [0.3, 0.4) is 0 Å². The van der Waals surface area contributed by atoms with E-state index in [4.69, 9.17) is 5.11 Å². The van der Waals surface area contributed by atoms with Gasteiger partial charge in [0.05, 0.1) is 11.2 Å². The number of hydrogen-bond donors (Lipinski definition) is 2. The van der Waals surface area contributed by atoms with Gasteiger partial charge in [-0.25, -0.2) is 4.98 Å². The maximum absolute atomic E-state index is 10.6. The van der Waals surface area contributed by atoms with Crippen LogP contribution in [-0.4, -0.2) is 16.1 Å². The Morgan fingerprint density at radius 2 is 2.73 bits per heavy atom. The van der Waals surface area contributed by atoms with Crippen LogP contribution in [-0.2, 0) is 11.3 Å². The lowest BCUT2D eigenvalue weighted by Crippen LogP contribution is -2.21. The molecule has 0 saturated heterocycles. The molecule has 2 heterocycles. The lowest BCUT2D eigenvalue weighted by Gasteiger charge is -2.01. The van der Waals surface area contributed by atoms with E-state index in [2.05, 4.69) is 10.3 Å². The van der Waals surface area contributed by atoms with Gasteiger partial charge >= 0.3 is 5.97 Å². The summed E-state index contributed by atoms with van der Waals surface area (Å²) in [4.78, 5) is 15.6. The summed E-state index contributed by atoms with van der Waals surface area (Å²) in [5, 5.41) is 11.5. The first kappa shape index (κ1) is 6.75. The molecule has 1 unspecified atom stereocenters. The molecule has 1 aromatic rings. The zero-order chi connectivity index (χ0) is 7.84. The maximum atomic E-state index is 10.6. The number of carboxylic acid groups (broad SMARTS) is 1. The fourth-order valence-corrected chi connectivity index (χ4v) is 1.89. The summed E-state index contributed by atoms with van der Waals surface area (Å²) in [6, 6.07) is -0.587. The highest BCUT2D eigenvalue weighted by atomic mass is 32.1. The van der Waals surface area contributed by atoms with E-state index in [1.54, 1.807) is 5.51 Å². The molecule has 1 aliphatic heterocycles. The van der Waals surface area contributed by atoms with Crippen molar-refractivity contribution >= 4 is 17.3 Å². The molecule has 58 valence electrons. The molecule has 0 saturated carbocycles. The van der Waals surface area contributed by atoms with E-state index in [1.165, 1.54) is 11.3 Å². The number of hydrogen-bond acceptors (Lipinski definition) is 4. The quantitative estimate of drug-likeness (QED) is 0.639. The molecule has 11 heavy (non-hydrogen) atoms. The molecule has 2 N–H and O–H groups in total. The van der Waals surface area contributed by atoms with Crippen LogP contribution < -0.4 is 5.32 Å². The van der Waals surface area contributed by atoms with Gasteiger partial charge in [0.25, 0.3) is 0 Å². The van der Waals surface area contributed by atoms with Gasteiger partial charge < -0.3 is 5.11 Å². The summed E-state index contributed by atoms with van der Waals surface area (Å²) >= 11 is 1.50. The molecular formula is C6H6N2O2S. The van der Waals surface area contributed by atoms with Gasteiger partial charge in [-0.05, 0) is 0 Å². The van der Waals surface area contributed by atoms with E-state index >= 15 is 0 Å². The monoisotopic (exact) mass is 170 g/mol. The second-order valence-electron chi connectivity index (χ2n) is 2.31. The van der Waals surface area contributed by atoms with Crippen molar-refractivity contribution < 1.29 is 9.90 Å². The minimum absolute atomic E-state index is 0.587. The van der Waals surface area contributed by atoms with Gasteiger partial charge in [0.15, 0.2) is 0 Å². The van der Waals surface area contributed by atoms with Crippen LogP contribution in [0.15, 0.2) is 5.51 Å². The molecule has 0 aliphatic carbocycles. The molecule has 1 atom stereocenters. The largest absolute Gasteiger partial charge is 0.480 e. The second kappa shape index (κ2) is 2.28. The number of aliphatic carboxylic acids is 1. The average molecular weight is 170 g/mol. The number of nitrogens with one attached hydrogen (secondary N) is 1. The van der Waals surface area contributed by atoms with Crippen LogP contribution in [0.5, 0.6) is 0 Å². The zero-order valence-electron chi connectivity index (χ0n) is 5.57. The number of thiazole rings is 1. The normalized spacial score (nSPS) is 21.6. The summed E-state index contributed by atoms with van der Waals surface area (Å²) in [5.74, 6) is -0.852. The number of rotatable bonds is 1. The smallest absolute Gasteiger partial charge is 0.327 e. The molecule has 0 fully saturated rings. The average Bonchev–Trinajstić information content (AvgIpc) is 2.41. The summed E-state index contributed by atoms with van der Waals surface area (Å²) in [5.41, 5.74) is 2.36. The van der Waals surface area contributed by atoms with E-state index in [0.29, 0.717) is 12.2 Å². The van der Waals surface area contributed by atoms with E-state index in [0.717, 1.165) is 4.88 Å². The van der Waals surface area contributed by atoms with Crippen molar-refractivity contribution in [2.24, 2.45) is 0 Å².